The fraction of sp³-hybridized carbons (Fsp3) is 0.276. The maximum Gasteiger partial charge on any atom is 0.200 e. The Kier molecular flexibility index (Phi) is 9.87. The minimum Gasteiger partial charge on any atom is -0.491 e. The molecule has 0 bridgehead atoms. The van der Waals surface area contributed by atoms with Gasteiger partial charge >= 0.3 is 0 Å². The summed E-state index contributed by atoms with van der Waals surface area (Å²) in [5.74, 6) is 0.559. The summed E-state index contributed by atoms with van der Waals surface area (Å²) in [4.78, 5) is 16.1. The average molecular weight is 478 g/mol. The van der Waals surface area contributed by atoms with Crippen molar-refractivity contribution in [2.24, 2.45) is 0 Å². The molecule has 3 aromatic carbocycles. The highest BCUT2D eigenvalue weighted by molar-refractivity contribution is 5.88. The van der Waals surface area contributed by atoms with Gasteiger partial charge in [-0.3, -0.25) is 4.79 Å². The van der Waals surface area contributed by atoms with E-state index in [0.29, 0.717) is 54.6 Å². The predicted molar refractivity (Wildman–Crippen MR) is 139 cm³/mol. The summed E-state index contributed by atoms with van der Waals surface area (Å²) in [5, 5.41) is -0.00278. The molecule has 35 heavy (non-hydrogen) atoms. The first-order valence-corrected chi connectivity index (χ1v) is 12.0. The van der Waals surface area contributed by atoms with Gasteiger partial charge < -0.3 is 19.2 Å². The van der Waals surface area contributed by atoms with Crippen LogP contribution in [0.2, 0.25) is 0 Å². The molecule has 1 N–H and O–H groups in total. The van der Waals surface area contributed by atoms with Crippen LogP contribution >= 0.6 is 0 Å². The van der Waals surface area contributed by atoms with Gasteiger partial charge in [-0.1, -0.05) is 63.2 Å². The Labute approximate surface area is 205 Å². The molecule has 0 saturated heterocycles. The first kappa shape index (κ1) is 26.0. The number of hydrogen-bond acceptors (Lipinski definition) is 4. The molecule has 0 aliphatic rings. The topological polar surface area (TPSA) is 60.6 Å². The maximum absolute atomic E-state index is 14.5. The molecule has 4 aromatic rings. The smallest absolute Gasteiger partial charge is 0.200 e. The van der Waals surface area contributed by atoms with Gasteiger partial charge in [0.05, 0.1) is 30.7 Å². The lowest BCUT2D eigenvalue weighted by molar-refractivity contribution is 0.0889. The van der Waals surface area contributed by atoms with Crippen LogP contribution in [0.3, 0.4) is 0 Å². The fourth-order valence-electron chi connectivity index (χ4n) is 3.53. The Hall–Kier alpha value is -3.64. The lowest BCUT2D eigenvalue weighted by atomic mass is 10.0. The van der Waals surface area contributed by atoms with E-state index in [1.165, 1.54) is 6.07 Å². The summed E-state index contributed by atoms with van der Waals surface area (Å²) in [7, 11) is 0. The molecule has 4 rings (SSSR count). The van der Waals surface area contributed by atoms with Gasteiger partial charge in [0.2, 0.25) is 0 Å². The van der Waals surface area contributed by atoms with E-state index in [0.717, 1.165) is 12.0 Å². The summed E-state index contributed by atoms with van der Waals surface area (Å²) >= 11 is 0. The SMILES string of the molecule is CC.CCCOc1ccc(F)c2c(=O)c(-c3ccc(OCCOCc4ccccc4)cc3)c[nH]c12. The standard InChI is InChI=1S/C27H26FNO4.C2H6/c1-2-14-33-24-13-12-23(28)25-26(24)29-17-22(27(25)30)20-8-10-21(11-9-20)32-16-15-31-18-19-6-4-3-5-7-19;1-2/h3-13,17H,2,14-16,18H2,1H3,(H,29,30);1-2H3. The predicted octanol–water partition coefficient (Wildman–Crippen LogP) is 6.74. The van der Waals surface area contributed by atoms with Crippen molar-refractivity contribution < 1.29 is 18.6 Å². The zero-order valence-corrected chi connectivity index (χ0v) is 20.5. The molecule has 0 atom stereocenters. The molecule has 1 heterocycles. The number of fused-ring (bicyclic) bond motifs is 1. The molecule has 0 aliphatic carbocycles. The summed E-state index contributed by atoms with van der Waals surface area (Å²) < 4.78 is 31.5. The first-order chi connectivity index (χ1) is 17.2. The number of halogens is 1. The van der Waals surface area contributed by atoms with Gasteiger partial charge in [-0.2, -0.15) is 0 Å². The Bertz CT molecular complexity index is 1250. The second-order valence-electron chi connectivity index (χ2n) is 7.59. The van der Waals surface area contributed by atoms with Gasteiger partial charge in [-0.15, -0.1) is 0 Å². The highest BCUT2D eigenvalue weighted by atomic mass is 19.1. The van der Waals surface area contributed by atoms with Gasteiger partial charge in [-0.25, -0.2) is 4.39 Å². The number of nitrogens with one attached hydrogen (secondary N) is 1. The van der Waals surface area contributed by atoms with Crippen molar-refractivity contribution in [2.45, 2.75) is 33.8 Å². The molecule has 0 fully saturated rings. The van der Waals surface area contributed by atoms with Crippen molar-refractivity contribution in [1.82, 2.24) is 4.98 Å². The Balaban J connectivity index is 0.00000167. The van der Waals surface area contributed by atoms with Crippen LogP contribution < -0.4 is 14.9 Å². The van der Waals surface area contributed by atoms with E-state index in [1.54, 1.807) is 36.5 Å². The first-order valence-electron chi connectivity index (χ1n) is 12.0. The fourth-order valence-corrected chi connectivity index (χ4v) is 3.53. The zero-order valence-electron chi connectivity index (χ0n) is 20.5. The number of hydrogen-bond donors (Lipinski definition) is 1. The largest absolute Gasteiger partial charge is 0.491 e. The highest BCUT2D eigenvalue weighted by Gasteiger charge is 2.15. The second-order valence-corrected chi connectivity index (χ2v) is 7.59. The van der Waals surface area contributed by atoms with E-state index in [-0.39, 0.29) is 10.8 Å². The van der Waals surface area contributed by atoms with Crippen LogP contribution in [-0.2, 0) is 11.3 Å². The van der Waals surface area contributed by atoms with E-state index in [2.05, 4.69) is 4.98 Å². The van der Waals surface area contributed by atoms with Gasteiger partial charge in [0.25, 0.3) is 0 Å². The minimum absolute atomic E-state index is 0.00278. The van der Waals surface area contributed by atoms with Gasteiger partial charge in [0.15, 0.2) is 5.43 Å². The minimum atomic E-state index is -0.576. The lowest BCUT2D eigenvalue weighted by Gasteiger charge is -2.11. The molecule has 0 radical (unpaired) electrons. The van der Waals surface area contributed by atoms with E-state index in [4.69, 9.17) is 14.2 Å². The Morgan fingerprint density at radius 1 is 0.857 bits per heavy atom. The van der Waals surface area contributed by atoms with Crippen molar-refractivity contribution in [3.63, 3.8) is 0 Å². The van der Waals surface area contributed by atoms with E-state index in [9.17, 15) is 9.18 Å². The molecule has 0 unspecified atom stereocenters. The van der Waals surface area contributed by atoms with Crippen LogP contribution in [0.4, 0.5) is 4.39 Å². The third-order valence-electron chi connectivity index (χ3n) is 5.18. The molecular formula is C29H32FNO4. The summed E-state index contributed by atoms with van der Waals surface area (Å²) in [6.45, 7) is 7.88. The quantitative estimate of drug-likeness (QED) is 0.257. The summed E-state index contributed by atoms with van der Waals surface area (Å²) in [6.07, 6.45) is 2.41. The average Bonchev–Trinajstić information content (AvgIpc) is 2.90. The molecule has 1 aromatic heterocycles. The maximum atomic E-state index is 14.5. The summed E-state index contributed by atoms with van der Waals surface area (Å²) in [6, 6.07) is 19.9. The summed E-state index contributed by atoms with van der Waals surface area (Å²) in [5.41, 5.74) is 2.15. The second kappa shape index (κ2) is 13.3. The van der Waals surface area contributed by atoms with Crippen molar-refractivity contribution in [3.05, 3.63) is 94.5 Å². The van der Waals surface area contributed by atoms with Crippen LogP contribution in [0.15, 0.2) is 77.7 Å². The number of rotatable bonds is 10. The van der Waals surface area contributed by atoms with Crippen LogP contribution in [0, 0.1) is 5.82 Å². The van der Waals surface area contributed by atoms with Crippen molar-refractivity contribution >= 4 is 10.9 Å². The molecule has 0 aliphatic heterocycles. The third-order valence-corrected chi connectivity index (χ3v) is 5.18. The molecule has 5 nitrogen and oxygen atoms in total. The van der Waals surface area contributed by atoms with E-state index in [1.807, 2.05) is 51.1 Å². The number of H-pyrrole nitrogens is 1. The van der Waals surface area contributed by atoms with Crippen molar-refractivity contribution in [1.29, 1.82) is 0 Å². The molecular weight excluding hydrogens is 445 g/mol. The van der Waals surface area contributed by atoms with Crippen LogP contribution in [0.25, 0.3) is 22.0 Å². The van der Waals surface area contributed by atoms with Gasteiger partial charge in [0.1, 0.15) is 23.9 Å². The normalized spacial score (nSPS) is 10.5. The molecule has 184 valence electrons. The molecule has 0 saturated carbocycles. The third kappa shape index (κ3) is 6.70. The monoisotopic (exact) mass is 477 g/mol. The van der Waals surface area contributed by atoms with Crippen molar-refractivity contribution in [3.8, 4) is 22.6 Å². The number of pyridine rings is 1. The number of aromatic amines is 1. The zero-order chi connectivity index (χ0) is 25.0. The van der Waals surface area contributed by atoms with Gasteiger partial charge in [0, 0.05) is 11.8 Å². The van der Waals surface area contributed by atoms with E-state index >= 15 is 0 Å². The van der Waals surface area contributed by atoms with Gasteiger partial charge in [-0.05, 0) is 41.8 Å². The van der Waals surface area contributed by atoms with Crippen molar-refractivity contribution in [2.75, 3.05) is 19.8 Å². The van der Waals surface area contributed by atoms with Crippen LogP contribution in [-0.4, -0.2) is 24.8 Å². The Morgan fingerprint density at radius 2 is 1.60 bits per heavy atom. The number of aromatic nitrogens is 1. The van der Waals surface area contributed by atoms with Crippen LogP contribution in [0.5, 0.6) is 11.5 Å². The highest BCUT2D eigenvalue weighted by Crippen LogP contribution is 2.27. The molecule has 6 heteroatoms. The molecule has 0 amide bonds. The number of ether oxygens (including phenoxy) is 3. The molecule has 0 spiro atoms. The number of benzene rings is 3. The lowest BCUT2D eigenvalue weighted by Crippen LogP contribution is -2.10. The van der Waals surface area contributed by atoms with E-state index < -0.39 is 5.82 Å². The van der Waals surface area contributed by atoms with Crippen LogP contribution in [0.1, 0.15) is 32.8 Å². The Morgan fingerprint density at radius 3 is 2.31 bits per heavy atom.